The molecule has 1 fully saturated rings. The molecule has 0 aromatic heterocycles. The second kappa shape index (κ2) is 6.21. The molecule has 1 aliphatic heterocycles. The summed E-state index contributed by atoms with van der Waals surface area (Å²) in [6, 6.07) is 0. The fourth-order valence-corrected chi connectivity index (χ4v) is 2.02. The Labute approximate surface area is 98.3 Å². The molecule has 94 valence electrons. The first-order chi connectivity index (χ1) is 7.56. The number of carbonyl (C=O) groups excluding carboxylic acids is 1. The number of nitrogens with one attached hydrogen (secondary N) is 1. The highest BCUT2D eigenvalue weighted by Crippen LogP contribution is 2.29. The lowest BCUT2D eigenvalue weighted by Gasteiger charge is -2.38. The Morgan fingerprint density at radius 1 is 1.44 bits per heavy atom. The van der Waals surface area contributed by atoms with Gasteiger partial charge in [0.1, 0.15) is 0 Å². The lowest BCUT2D eigenvalue weighted by Crippen LogP contribution is -2.42. The van der Waals surface area contributed by atoms with Crippen LogP contribution in [0.4, 0.5) is 0 Å². The van der Waals surface area contributed by atoms with E-state index in [-0.39, 0.29) is 5.97 Å². The quantitative estimate of drug-likeness (QED) is 0.560. The summed E-state index contributed by atoms with van der Waals surface area (Å²) in [5.41, 5.74) is 0.391. The summed E-state index contributed by atoms with van der Waals surface area (Å²) in [5, 5.41) is 3.36. The minimum Gasteiger partial charge on any atom is -0.469 e. The number of carbonyl (C=O) groups is 1. The average molecular weight is 228 g/mol. The van der Waals surface area contributed by atoms with Gasteiger partial charge < -0.3 is 15.0 Å². The van der Waals surface area contributed by atoms with Gasteiger partial charge in [0.05, 0.1) is 13.5 Å². The zero-order chi connectivity index (χ0) is 12.0. The number of likely N-dealkylation sites (tertiary alicyclic amines) is 1. The van der Waals surface area contributed by atoms with Crippen molar-refractivity contribution in [2.45, 2.75) is 26.2 Å². The van der Waals surface area contributed by atoms with Crippen LogP contribution in [0.15, 0.2) is 0 Å². The Bertz CT molecular complexity index is 223. The van der Waals surface area contributed by atoms with Gasteiger partial charge in [0, 0.05) is 13.1 Å². The molecule has 0 radical (unpaired) electrons. The summed E-state index contributed by atoms with van der Waals surface area (Å²) in [4.78, 5) is 13.3. The second-order valence-electron chi connectivity index (χ2n) is 5.12. The molecule has 1 saturated heterocycles. The van der Waals surface area contributed by atoms with Gasteiger partial charge in [-0.1, -0.05) is 6.92 Å². The van der Waals surface area contributed by atoms with Crippen LogP contribution in [0.25, 0.3) is 0 Å². The summed E-state index contributed by atoms with van der Waals surface area (Å²) in [6.07, 6.45) is 2.93. The topological polar surface area (TPSA) is 41.6 Å². The Morgan fingerprint density at radius 3 is 2.62 bits per heavy atom. The van der Waals surface area contributed by atoms with Crippen LogP contribution >= 0.6 is 0 Å². The number of nitrogens with zero attached hydrogens (tertiary/aromatic N) is 1. The zero-order valence-electron chi connectivity index (χ0n) is 10.7. The molecular formula is C12H24N2O2. The molecule has 1 rings (SSSR count). The van der Waals surface area contributed by atoms with E-state index in [2.05, 4.69) is 28.9 Å². The van der Waals surface area contributed by atoms with Crippen LogP contribution in [0.1, 0.15) is 26.2 Å². The first kappa shape index (κ1) is 13.5. The maximum absolute atomic E-state index is 10.9. The van der Waals surface area contributed by atoms with Gasteiger partial charge in [-0.2, -0.15) is 0 Å². The lowest BCUT2D eigenvalue weighted by molar-refractivity contribution is -0.140. The fourth-order valence-electron chi connectivity index (χ4n) is 2.02. The van der Waals surface area contributed by atoms with Crippen LogP contribution in [0.5, 0.6) is 0 Å². The van der Waals surface area contributed by atoms with Crippen molar-refractivity contribution >= 4 is 5.97 Å². The van der Waals surface area contributed by atoms with Crippen LogP contribution in [-0.4, -0.2) is 51.2 Å². The second-order valence-corrected chi connectivity index (χ2v) is 5.12. The van der Waals surface area contributed by atoms with Crippen molar-refractivity contribution in [3.63, 3.8) is 0 Å². The average Bonchev–Trinajstić information content (AvgIpc) is 2.29. The molecular weight excluding hydrogens is 204 g/mol. The van der Waals surface area contributed by atoms with E-state index in [9.17, 15) is 4.79 Å². The van der Waals surface area contributed by atoms with Crippen LogP contribution in [0.2, 0.25) is 0 Å². The normalized spacial score (nSPS) is 20.7. The number of piperidine rings is 1. The van der Waals surface area contributed by atoms with E-state index in [0.29, 0.717) is 11.8 Å². The van der Waals surface area contributed by atoms with Crippen molar-refractivity contribution in [1.82, 2.24) is 10.2 Å². The highest BCUT2D eigenvalue weighted by molar-refractivity contribution is 5.69. The van der Waals surface area contributed by atoms with Gasteiger partial charge in [0.25, 0.3) is 0 Å². The largest absolute Gasteiger partial charge is 0.469 e. The summed E-state index contributed by atoms with van der Waals surface area (Å²) in [5.74, 6) is -0.138. The van der Waals surface area contributed by atoms with E-state index < -0.39 is 0 Å². The van der Waals surface area contributed by atoms with Gasteiger partial charge in [0.15, 0.2) is 0 Å². The van der Waals surface area contributed by atoms with E-state index in [4.69, 9.17) is 0 Å². The van der Waals surface area contributed by atoms with Crippen molar-refractivity contribution in [3.8, 4) is 0 Å². The summed E-state index contributed by atoms with van der Waals surface area (Å²) in [6.45, 7) is 6.39. The number of methoxy groups -OCH3 is 1. The zero-order valence-corrected chi connectivity index (χ0v) is 10.7. The maximum Gasteiger partial charge on any atom is 0.306 e. The molecule has 1 heterocycles. The Morgan fingerprint density at radius 2 is 2.06 bits per heavy atom. The van der Waals surface area contributed by atoms with Gasteiger partial charge >= 0.3 is 5.97 Å². The third-order valence-corrected chi connectivity index (χ3v) is 3.48. The highest BCUT2D eigenvalue weighted by atomic mass is 16.5. The first-order valence-electron chi connectivity index (χ1n) is 6.02. The third kappa shape index (κ3) is 4.49. The van der Waals surface area contributed by atoms with Gasteiger partial charge in [-0.05, 0) is 38.4 Å². The van der Waals surface area contributed by atoms with Gasteiger partial charge in [0.2, 0.25) is 0 Å². The molecule has 0 amide bonds. The molecule has 0 bridgehead atoms. The first-order valence-corrected chi connectivity index (χ1v) is 6.02. The van der Waals surface area contributed by atoms with Gasteiger partial charge in [-0.25, -0.2) is 0 Å². The number of hydrogen-bond acceptors (Lipinski definition) is 4. The molecule has 1 aliphatic rings. The smallest absolute Gasteiger partial charge is 0.306 e. The van der Waals surface area contributed by atoms with E-state index in [1.54, 1.807) is 0 Å². The van der Waals surface area contributed by atoms with E-state index in [1.165, 1.54) is 33.0 Å². The molecule has 4 heteroatoms. The number of esters is 1. The van der Waals surface area contributed by atoms with Crippen LogP contribution < -0.4 is 5.32 Å². The third-order valence-electron chi connectivity index (χ3n) is 3.48. The molecule has 0 atom stereocenters. The number of hydrogen-bond donors (Lipinski definition) is 1. The number of ether oxygens (including phenoxy) is 1. The predicted molar refractivity (Wildman–Crippen MR) is 64.3 cm³/mol. The molecule has 0 aromatic rings. The highest BCUT2D eigenvalue weighted by Gasteiger charge is 2.28. The van der Waals surface area contributed by atoms with Crippen molar-refractivity contribution in [1.29, 1.82) is 0 Å². The van der Waals surface area contributed by atoms with Crippen LogP contribution in [0.3, 0.4) is 0 Å². The molecule has 0 unspecified atom stereocenters. The van der Waals surface area contributed by atoms with Crippen molar-refractivity contribution in [2.24, 2.45) is 5.41 Å². The van der Waals surface area contributed by atoms with Crippen molar-refractivity contribution in [2.75, 3.05) is 40.3 Å². The maximum atomic E-state index is 10.9. The Balaban J connectivity index is 2.14. The molecule has 0 aromatic carbocycles. The molecule has 4 nitrogen and oxygen atoms in total. The molecule has 0 saturated carbocycles. The van der Waals surface area contributed by atoms with E-state index in [1.807, 2.05) is 0 Å². The molecule has 0 spiro atoms. The fraction of sp³-hybridized carbons (Fsp3) is 0.917. The van der Waals surface area contributed by atoms with Crippen LogP contribution in [-0.2, 0) is 9.53 Å². The minimum atomic E-state index is -0.138. The van der Waals surface area contributed by atoms with Crippen molar-refractivity contribution in [3.05, 3.63) is 0 Å². The van der Waals surface area contributed by atoms with Gasteiger partial charge in [-0.3, -0.25) is 4.79 Å². The van der Waals surface area contributed by atoms with Crippen LogP contribution in [0, 0.1) is 5.41 Å². The SMILES string of the molecule is COC(=O)CCNCC1(C)CCN(C)CC1. The van der Waals surface area contributed by atoms with E-state index >= 15 is 0 Å². The monoisotopic (exact) mass is 228 g/mol. The van der Waals surface area contributed by atoms with Crippen molar-refractivity contribution < 1.29 is 9.53 Å². The summed E-state index contributed by atoms with van der Waals surface area (Å²) in [7, 11) is 3.60. The predicted octanol–water partition coefficient (Wildman–Crippen LogP) is 0.871. The minimum absolute atomic E-state index is 0.138. The Hall–Kier alpha value is -0.610. The summed E-state index contributed by atoms with van der Waals surface area (Å²) >= 11 is 0. The van der Waals surface area contributed by atoms with Gasteiger partial charge in [-0.15, -0.1) is 0 Å². The molecule has 1 N–H and O–H groups in total. The lowest BCUT2D eigenvalue weighted by atomic mass is 9.80. The standard InChI is InChI=1S/C12H24N2O2/c1-12(5-8-14(2)9-6-12)10-13-7-4-11(15)16-3/h13H,4-10H2,1-3H3. The number of rotatable bonds is 5. The van der Waals surface area contributed by atoms with E-state index in [0.717, 1.165) is 13.1 Å². The molecule has 16 heavy (non-hydrogen) atoms. The summed E-state index contributed by atoms with van der Waals surface area (Å²) < 4.78 is 4.60. The Kier molecular flexibility index (Phi) is 5.22. The molecule has 0 aliphatic carbocycles.